The van der Waals surface area contributed by atoms with Crippen molar-refractivity contribution in [2.75, 3.05) is 0 Å². The summed E-state index contributed by atoms with van der Waals surface area (Å²) in [4.78, 5) is 28.7. The molecule has 0 aliphatic carbocycles. The lowest BCUT2D eigenvalue weighted by Gasteiger charge is -2.15. The van der Waals surface area contributed by atoms with Crippen LogP contribution in [0.5, 0.6) is 0 Å². The van der Waals surface area contributed by atoms with E-state index in [1.165, 1.54) is 6.07 Å². The van der Waals surface area contributed by atoms with E-state index in [-0.39, 0.29) is 23.5 Å². The predicted octanol–water partition coefficient (Wildman–Crippen LogP) is 5.42. The minimum atomic E-state index is -1.44. The molecule has 8 heteroatoms. The number of aryl methyl sites for hydroxylation is 2. The van der Waals surface area contributed by atoms with Crippen molar-refractivity contribution in [3.63, 3.8) is 0 Å². The molecule has 0 radical (unpaired) electrons. The molecule has 1 aromatic carbocycles. The minimum absolute atomic E-state index is 0.287. The van der Waals surface area contributed by atoms with Crippen molar-refractivity contribution in [1.82, 2.24) is 14.9 Å². The third-order valence-electron chi connectivity index (χ3n) is 5.95. The first-order chi connectivity index (χ1) is 16.2. The Hall–Kier alpha value is -3.68. The van der Waals surface area contributed by atoms with Gasteiger partial charge >= 0.3 is 6.16 Å². The molecule has 2 N–H and O–H groups in total. The SMILES string of the molecule is C=C(CC)NCc1c2c(nc3cc(F)c(C)cc13)-c1cc(C)c(COC(=O)O)c(=O)n1C2.CC. The van der Waals surface area contributed by atoms with Crippen molar-refractivity contribution in [2.45, 2.75) is 60.7 Å². The lowest BCUT2D eigenvalue weighted by Crippen LogP contribution is -2.25. The summed E-state index contributed by atoms with van der Waals surface area (Å²) < 4.78 is 20.6. The van der Waals surface area contributed by atoms with Gasteiger partial charge in [-0.2, -0.15) is 0 Å². The number of carboxylic acid groups (broad SMARTS) is 1. The topological polar surface area (TPSA) is 93.5 Å². The molecule has 0 fully saturated rings. The van der Waals surface area contributed by atoms with Crippen molar-refractivity contribution < 1.29 is 19.0 Å². The van der Waals surface area contributed by atoms with Crippen LogP contribution >= 0.6 is 0 Å². The van der Waals surface area contributed by atoms with Crippen molar-refractivity contribution in [1.29, 1.82) is 0 Å². The molecular formula is C26H30FN3O4. The molecular weight excluding hydrogens is 437 g/mol. The van der Waals surface area contributed by atoms with Crippen LogP contribution in [0.1, 0.15) is 55.0 Å². The standard InChI is InChI=1S/C24H24FN3O4.C2H6/c1-5-14(4)26-9-16-15-6-13(3)19(25)8-20(15)27-22-17(16)10-28-21(22)7-12(2)18(23(28)29)11-32-24(30)31;1-2/h6-8,26H,4-5,9-11H2,1-3H3,(H,30,31);1-2H3. The van der Waals surface area contributed by atoms with Gasteiger partial charge in [0.05, 0.1) is 29.0 Å². The van der Waals surface area contributed by atoms with Crippen LogP contribution in [0.3, 0.4) is 0 Å². The van der Waals surface area contributed by atoms with Crippen molar-refractivity contribution >= 4 is 17.1 Å². The lowest BCUT2D eigenvalue weighted by molar-refractivity contribution is 0.0848. The summed E-state index contributed by atoms with van der Waals surface area (Å²) in [7, 11) is 0. The largest absolute Gasteiger partial charge is 0.506 e. The number of hydrogen-bond acceptors (Lipinski definition) is 5. The molecule has 3 aromatic rings. The highest BCUT2D eigenvalue weighted by Crippen LogP contribution is 2.36. The Labute approximate surface area is 197 Å². The molecule has 0 saturated heterocycles. The Kier molecular flexibility index (Phi) is 7.39. The molecule has 0 bridgehead atoms. The van der Waals surface area contributed by atoms with E-state index < -0.39 is 6.16 Å². The number of ether oxygens (including phenoxy) is 1. The second-order valence-electron chi connectivity index (χ2n) is 7.98. The lowest BCUT2D eigenvalue weighted by atomic mass is 9.98. The van der Waals surface area contributed by atoms with Crippen LogP contribution in [0.15, 0.2) is 35.3 Å². The molecule has 34 heavy (non-hydrogen) atoms. The molecule has 4 rings (SSSR count). The summed E-state index contributed by atoms with van der Waals surface area (Å²) >= 11 is 0. The van der Waals surface area contributed by atoms with Gasteiger partial charge in [0.1, 0.15) is 12.4 Å². The molecule has 1 aliphatic heterocycles. The summed E-state index contributed by atoms with van der Waals surface area (Å²) in [6.45, 7) is 13.9. The van der Waals surface area contributed by atoms with Gasteiger partial charge in [0.25, 0.3) is 5.56 Å². The van der Waals surface area contributed by atoms with Crippen molar-refractivity contribution in [2.24, 2.45) is 0 Å². The minimum Gasteiger partial charge on any atom is -0.450 e. The smallest absolute Gasteiger partial charge is 0.450 e. The monoisotopic (exact) mass is 467 g/mol. The highest BCUT2D eigenvalue weighted by atomic mass is 19.1. The van der Waals surface area contributed by atoms with Crippen LogP contribution in [-0.4, -0.2) is 20.8 Å². The molecule has 2 aromatic heterocycles. The molecule has 0 atom stereocenters. The fourth-order valence-electron chi connectivity index (χ4n) is 4.05. The van der Waals surface area contributed by atoms with E-state index in [2.05, 4.69) is 16.6 Å². The number of nitrogens with zero attached hydrogens (tertiary/aromatic N) is 2. The van der Waals surface area contributed by atoms with E-state index in [0.717, 1.165) is 28.6 Å². The maximum atomic E-state index is 14.3. The Bertz CT molecular complexity index is 1340. The second-order valence-corrected chi connectivity index (χ2v) is 7.98. The van der Waals surface area contributed by atoms with Crippen LogP contribution in [0, 0.1) is 19.7 Å². The Morgan fingerprint density at radius 3 is 2.59 bits per heavy atom. The highest BCUT2D eigenvalue weighted by molar-refractivity contribution is 5.88. The van der Waals surface area contributed by atoms with E-state index in [9.17, 15) is 14.0 Å². The van der Waals surface area contributed by atoms with Gasteiger partial charge in [-0.15, -0.1) is 0 Å². The first kappa shape index (κ1) is 25.0. The quantitative estimate of drug-likeness (QED) is 0.368. The van der Waals surface area contributed by atoms with E-state index in [1.807, 2.05) is 20.8 Å². The van der Waals surface area contributed by atoms with E-state index >= 15 is 0 Å². The maximum Gasteiger partial charge on any atom is 0.506 e. The number of allylic oxidation sites excluding steroid dienone is 1. The number of halogens is 1. The third kappa shape index (κ3) is 4.53. The van der Waals surface area contributed by atoms with Crippen LogP contribution in [0.2, 0.25) is 0 Å². The van der Waals surface area contributed by atoms with Crippen molar-refractivity contribution in [3.05, 3.63) is 74.5 Å². The van der Waals surface area contributed by atoms with Gasteiger partial charge in [-0.1, -0.05) is 27.4 Å². The third-order valence-corrected chi connectivity index (χ3v) is 5.95. The number of nitrogens with one attached hydrogen (secondary N) is 1. The Morgan fingerprint density at radius 2 is 1.94 bits per heavy atom. The normalized spacial score (nSPS) is 11.4. The van der Waals surface area contributed by atoms with Gasteiger partial charge < -0.3 is 19.7 Å². The number of rotatable bonds is 6. The van der Waals surface area contributed by atoms with Crippen LogP contribution < -0.4 is 10.9 Å². The molecule has 3 heterocycles. The summed E-state index contributed by atoms with van der Waals surface area (Å²) in [6, 6.07) is 5.01. The summed E-state index contributed by atoms with van der Waals surface area (Å²) in [5, 5.41) is 13.0. The zero-order valence-electron chi connectivity index (χ0n) is 20.2. The highest BCUT2D eigenvalue weighted by Gasteiger charge is 2.28. The second kappa shape index (κ2) is 10.1. The average Bonchev–Trinajstić information content (AvgIpc) is 3.16. The molecule has 0 spiro atoms. The first-order valence-electron chi connectivity index (χ1n) is 11.3. The number of carbonyl (C=O) groups is 1. The molecule has 0 unspecified atom stereocenters. The maximum absolute atomic E-state index is 14.3. The van der Waals surface area contributed by atoms with E-state index in [0.29, 0.717) is 41.1 Å². The van der Waals surface area contributed by atoms with Crippen LogP contribution in [0.4, 0.5) is 9.18 Å². The molecule has 7 nitrogen and oxygen atoms in total. The molecule has 0 amide bonds. The van der Waals surface area contributed by atoms with Gasteiger partial charge in [-0.25, -0.2) is 14.2 Å². The van der Waals surface area contributed by atoms with Crippen molar-refractivity contribution in [3.8, 4) is 11.4 Å². The average molecular weight is 468 g/mol. The number of aromatic nitrogens is 2. The number of pyridine rings is 2. The number of fused-ring (bicyclic) bond motifs is 4. The van der Waals surface area contributed by atoms with Gasteiger partial charge in [0.15, 0.2) is 0 Å². The van der Waals surface area contributed by atoms with E-state index in [1.54, 1.807) is 30.5 Å². The Balaban J connectivity index is 0.00000158. The van der Waals surface area contributed by atoms with Crippen LogP contribution in [-0.2, 0) is 24.4 Å². The number of benzene rings is 1. The Morgan fingerprint density at radius 1 is 1.24 bits per heavy atom. The summed E-state index contributed by atoms with van der Waals surface area (Å²) in [5.74, 6) is -0.338. The van der Waals surface area contributed by atoms with Gasteiger partial charge in [-0.05, 0) is 49.1 Å². The zero-order chi connectivity index (χ0) is 25.2. The van der Waals surface area contributed by atoms with Crippen LogP contribution in [0.25, 0.3) is 22.3 Å². The van der Waals surface area contributed by atoms with Gasteiger partial charge in [0.2, 0.25) is 0 Å². The van der Waals surface area contributed by atoms with Gasteiger partial charge in [-0.3, -0.25) is 4.79 Å². The fourth-order valence-corrected chi connectivity index (χ4v) is 4.05. The fraction of sp³-hybridized carbons (Fsp3) is 0.346. The summed E-state index contributed by atoms with van der Waals surface area (Å²) in [5.41, 5.74) is 5.57. The number of hydrogen-bond donors (Lipinski definition) is 2. The molecule has 180 valence electrons. The molecule has 0 saturated carbocycles. The predicted molar refractivity (Wildman–Crippen MR) is 130 cm³/mol. The zero-order valence-corrected chi connectivity index (χ0v) is 20.2. The van der Waals surface area contributed by atoms with Gasteiger partial charge in [0, 0.05) is 29.3 Å². The summed E-state index contributed by atoms with van der Waals surface area (Å²) in [6.07, 6.45) is -0.669. The first-order valence-corrected chi connectivity index (χ1v) is 11.3. The molecule has 1 aliphatic rings. The van der Waals surface area contributed by atoms with E-state index in [4.69, 9.17) is 10.1 Å².